The van der Waals surface area contributed by atoms with Crippen LogP contribution in [-0.4, -0.2) is 9.97 Å². The van der Waals surface area contributed by atoms with Gasteiger partial charge >= 0.3 is 0 Å². The van der Waals surface area contributed by atoms with E-state index in [0.29, 0.717) is 4.99 Å². The molecule has 1 aromatic carbocycles. The van der Waals surface area contributed by atoms with Crippen LogP contribution in [0.1, 0.15) is 11.3 Å². The molecule has 0 atom stereocenters. The van der Waals surface area contributed by atoms with Gasteiger partial charge in [-0.3, -0.25) is 4.98 Å². The number of hydrogen-bond donors (Lipinski definition) is 2. The predicted octanol–water partition coefficient (Wildman–Crippen LogP) is 3.53. The number of nitrogens with two attached hydrogens (primary N) is 1. The number of benzene rings is 1. The Morgan fingerprint density at radius 1 is 1.33 bits per heavy atom. The van der Waals surface area contributed by atoms with Gasteiger partial charge in [0.25, 0.3) is 0 Å². The molecule has 0 bridgehead atoms. The van der Waals surface area contributed by atoms with Gasteiger partial charge < -0.3 is 11.1 Å². The van der Waals surface area contributed by atoms with Crippen molar-refractivity contribution < 1.29 is 0 Å². The van der Waals surface area contributed by atoms with Crippen molar-refractivity contribution in [1.29, 1.82) is 0 Å². The number of hydrogen-bond acceptors (Lipinski definition) is 3. The third-order valence-corrected chi connectivity index (χ3v) is 3.24. The minimum absolute atomic E-state index is 0.361. The summed E-state index contributed by atoms with van der Waals surface area (Å²) in [5.74, 6) is 0. The number of aryl methyl sites for hydroxylation is 1. The predicted molar refractivity (Wildman–Crippen MR) is 82.3 cm³/mol. The molecule has 0 radical (unpaired) electrons. The Labute approximate surface area is 120 Å². The van der Waals surface area contributed by atoms with Crippen molar-refractivity contribution in [2.24, 2.45) is 5.73 Å². The van der Waals surface area contributed by atoms with E-state index < -0.39 is 0 Å². The van der Waals surface area contributed by atoms with Gasteiger partial charge in [-0.1, -0.05) is 28.1 Å². The number of anilines is 2. The highest BCUT2D eigenvalue weighted by Crippen LogP contribution is 2.25. The Hall–Kier alpha value is -1.46. The maximum atomic E-state index is 5.73. The van der Waals surface area contributed by atoms with Crippen LogP contribution in [0.25, 0.3) is 0 Å². The van der Waals surface area contributed by atoms with Crippen molar-refractivity contribution in [3.05, 3.63) is 52.3 Å². The van der Waals surface area contributed by atoms with Gasteiger partial charge in [-0.25, -0.2) is 0 Å². The fourth-order valence-electron chi connectivity index (χ4n) is 1.59. The number of halogens is 1. The molecule has 0 aliphatic carbocycles. The van der Waals surface area contributed by atoms with E-state index in [4.69, 9.17) is 18.0 Å². The fraction of sp³-hybridized carbons (Fsp3) is 0.0769. The van der Waals surface area contributed by atoms with E-state index in [0.717, 1.165) is 27.1 Å². The molecule has 2 aromatic rings. The van der Waals surface area contributed by atoms with Crippen molar-refractivity contribution in [2.45, 2.75) is 6.92 Å². The number of thiocarbonyl (C=S) groups is 1. The Morgan fingerprint density at radius 2 is 2.11 bits per heavy atom. The first-order valence-electron chi connectivity index (χ1n) is 5.36. The summed E-state index contributed by atoms with van der Waals surface area (Å²) in [5.41, 5.74) is 9.28. The van der Waals surface area contributed by atoms with Crippen LogP contribution in [0, 0.1) is 6.92 Å². The number of nitrogens with zero attached hydrogens (tertiary/aromatic N) is 1. The third kappa shape index (κ3) is 2.86. The summed E-state index contributed by atoms with van der Waals surface area (Å²) in [6.45, 7) is 1.95. The highest BCUT2D eigenvalue weighted by atomic mass is 79.9. The average Bonchev–Trinajstić information content (AvgIpc) is 2.34. The maximum Gasteiger partial charge on any atom is 0.106 e. The van der Waals surface area contributed by atoms with Gasteiger partial charge in [0, 0.05) is 21.9 Å². The molecule has 0 unspecified atom stereocenters. The molecule has 0 saturated heterocycles. The zero-order chi connectivity index (χ0) is 13.1. The summed E-state index contributed by atoms with van der Waals surface area (Å²) < 4.78 is 0.943. The summed E-state index contributed by atoms with van der Waals surface area (Å²) in [7, 11) is 0. The van der Waals surface area contributed by atoms with Crippen LogP contribution < -0.4 is 11.1 Å². The molecule has 18 heavy (non-hydrogen) atoms. The van der Waals surface area contributed by atoms with E-state index in [1.54, 1.807) is 6.20 Å². The quantitative estimate of drug-likeness (QED) is 0.849. The fourth-order valence-corrected chi connectivity index (χ4v) is 2.12. The molecule has 1 aromatic heterocycles. The smallest absolute Gasteiger partial charge is 0.106 e. The van der Waals surface area contributed by atoms with Crippen molar-refractivity contribution in [2.75, 3.05) is 5.32 Å². The van der Waals surface area contributed by atoms with E-state index in [1.165, 1.54) is 0 Å². The summed E-state index contributed by atoms with van der Waals surface area (Å²) in [6.07, 6.45) is 1.76. The van der Waals surface area contributed by atoms with Gasteiger partial charge in [0.15, 0.2) is 0 Å². The second-order valence-corrected chi connectivity index (χ2v) is 5.17. The topological polar surface area (TPSA) is 50.9 Å². The molecule has 92 valence electrons. The van der Waals surface area contributed by atoms with Gasteiger partial charge in [-0.05, 0) is 37.3 Å². The van der Waals surface area contributed by atoms with Crippen molar-refractivity contribution in [1.82, 2.24) is 4.98 Å². The molecule has 2 rings (SSSR count). The van der Waals surface area contributed by atoms with Crippen LogP contribution in [0.4, 0.5) is 11.4 Å². The van der Waals surface area contributed by atoms with Crippen LogP contribution in [-0.2, 0) is 0 Å². The van der Waals surface area contributed by atoms with Gasteiger partial charge in [-0.2, -0.15) is 0 Å². The highest BCUT2D eigenvalue weighted by Gasteiger charge is 2.07. The molecule has 0 saturated carbocycles. The first-order valence-corrected chi connectivity index (χ1v) is 6.56. The number of rotatable bonds is 3. The zero-order valence-corrected chi connectivity index (χ0v) is 12.2. The van der Waals surface area contributed by atoms with E-state index in [-0.39, 0.29) is 0 Å². The molecule has 0 fully saturated rings. The minimum Gasteiger partial charge on any atom is -0.389 e. The van der Waals surface area contributed by atoms with Gasteiger partial charge in [-0.15, -0.1) is 0 Å². The lowest BCUT2D eigenvalue weighted by molar-refractivity contribution is 1.20. The Bertz CT molecular complexity index is 599. The normalized spacial score (nSPS) is 10.1. The minimum atomic E-state index is 0.361. The van der Waals surface area contributed by atoms with Crippen LogP contribution in [0.2, 0.25) is 0 Å². The Kier molecular flexibility index (Phi) is 3.93. The average molecular weight is 322 g/mol. The molecular formula is C13H12BrN3S. The number of aromatic nitrogens is 1. The summed E-state index contributed by atoms with van der Waals surface area (Å²) in [4.78, 5) is 4.59. The summed E-state index contributed by atoms with van der Waals surface area (Å²) >= 11 is 8.47. The highest BCUT2D eigenvalue weighted by molar-refractivity contribution is 9.10. The first-order chi connectivity index (χ1) is 8.58. The molecule has 0 amide bonds. The molecule has 0 aliphatic rings. The van der Waals surface area contributed by atoms with E-state index >= 15 is 0 Å². The molecule has 0 aliphatic heterocycles. The third-order valence-electron chi connectivity index (χ3n) is 2.52. The van der Waals surface area contributed by atoms with Crippen molar-refractivity contribution in [3.8, 4) is 0 Å². The van der Waals surface area contributed by atoms with E-state index in [9.17, 15) is 0 Å². The molecule has 3 N–H and O–H groups in total. The van der Waals surface area contributed by atoms with Crippen LogP contribution in [0.5, 0.6) is 0 Å². The SMILES string of the molecule is Cc1ncccc1Nc1ccc(Br)cc1C(N)=S. The molecule has 5 heteroatoms. The summed E-state index contributed by atoms with van der Waals surface area (Å²) in [6, 6.07) is 9.62. The standard InChI is InChI=1S/C13H12BrN3S/c1-8-11(3-2-6-16-8)17-12-5-4-9(14)7-10(12)13(15)18/h2-7,17H,1H3,(H2,15,18). The second kappa shape index (κ2) is 5.46. The number of nitrogens with one attached hydrogen (secondary N) is 1. The Morgan fingerprint density at radius 3 is 2.78 bits per heavy atom. The van der Waals surface area contributed by atoms with Crippen molar-refractivity contribution >= 4 is 44.5 Å². The zero-order valence-electron chi connectivity index (χ0n) is 9.77. The Balaban J connectivity index is 2.41. The lowest BCUT2D eigenvalue weighted by Gasteiger charge is -2.13. The molecule has 0 spiro atoms. The molecule has 1 heterocycles. The molecular weight excluding hydrogens is 310 g/mol. The van der Waals surface area contributed by atoms with Crippen molar-refractivity contribution in [3.63, 3.8) is 0 Å². The van der Waals surface area contributed by atoms with Gasteiger partial charge in [0.2, 0.25) is 0 Å². The largest absolute Gasteiger partial charge is 0.389 e. The first kappa shape index (κ1) is 13.0. The number of pyridine rings is 1. The molecule has 3 nitrogen and oxygen atoms in total. The lowest BCUT2D eigenvalue weighted by atomic mass is 10.1. The van der Waals surface area contributed by atoms with Gasteiger partial charge in [0.1, 0.15) is 4.99 Å². The monoisotopic (exact) mass is 321 g/mol. The summed E-state index contributed by atoms with van der Waals surface area (Å²) in [5, 5.41) is 3.30. The van der Waals surface area contributed by atoms with E-state index in [1.807, 2.05) is 37.3 Å². The van der Waals surface area contributed by atoms with Crippen LogP contribution in [0.3, 0.4) is 0 Å². The van der Waals surface area contributed by atoms with Crippen LogP contribution >= 0.6 is 28.1 Å². The maximum absolute atomic E-state index is 5.73. The van der Waals surface area contributed by atoms with Crippen LogP contribution in [0.15, 0.2) is 41.0 Å². The van der Waals surface area contributed by atoms with E-state index in [2.05, 4.69) is 26.2 Å². The lowest BCUT2D eigenvalue weighted by Crippen LogP contribution is -2.12. The second-order valence-electron chi connectivity index (χ2n) is 3.82. The van der Waals surface area contributed by atoms with Gasteiger partial charge in [0.05, 0.1) is 11.4 Å².